The standard InChI is InChI=1S/C21H23N5OS/c27-20(22-17-9-3-1-4-10-17)16-28-21-24-23-19(15-25-13-7-8-14-25)26(21)18-11-5-2-6-12-18/h1-6,9-12H,7-8,13-16H2,(H,22,27). The van der Waals surface area contributed by atoms with Gasteiger partial charge in [0, 0.05) is 11.4 Å². The molecule has 0 saturated carbocycles. The van der Waals surface area contributed by atoms with Crippen LogP contribution in [0.25, 0.3) is 5.69 Å². The van der Waals surface area contributed by atoms with Gasteiger partial charge >= 0.3 is 0 Å². The predicted molar refractivity (Wildman–Crippen MR) is 112 cm³/mol. The van der Waals surface area contributed by atoms with E-state index < -0.39 is 0 Å². The van der Waals surface area contributed by atoms with Crippen LogP contribution in [0.1, 0.15) is 18.7 Å². The van der Waals surface area contributed by atoms with Crippen molar-refractivity contribution in [2.45, 2.75) is 24.5 Å². The summed E-state index contributed by atoms with van der Waals surface area (Å²) in [5.74, 6) is 1.14. The summed E-state index contributed by atoms with van der Waals surface area (Å²) in [6, 6.07) is 19.6. The van der Waals surface area contributed by atoms with E-state index in [0.29, 0.717) is 0 Å². The molecule has 4 rings (SSSR count). The number of para-hydroxylation sites is 2. The molecule has 2 aromatic carbocycles. The van der Waals surface area contributed by atoms with Crippen molar-refractivity contribution in [2.24, 2.45) is 0 Å². The Bertz CT molecular complexity index is 907. The van der Waals surface area contributed by atoms with Crippen LogP contribution < -0.4 is 5.32 Å². The van der Waals surface area contributed by atoms with E-state index in [9.17, 15) is 4.79 Å². The molecule has 6 nitrogen and oxygen atoms in total. The maximum atomic E-state index is 12.3. The molecule has 2 heterocycles. The zero-order valence-corrected chi connectivity index (χ0v) is 16.4. The smallest absolute Gasteiger partial charge is 0.234 e. The number of hydrogen-bond acceptors (Lipinski definition) is 5. The lowest BCUT2D eigenvalue weighted by atomic mass is 10.3. The van der Waals surface area contributed by atoms with Gasteiger partial charge in [-0.2, -0.15) is 0 Å². The van der Waals surface area contributed by atoms with Crippen LogP contribution in [-0.2, 0) is 11.3 Å². The highest BCUT2D eigenvalue weighted by Gasteiger charge is 2.20. The van der Waals surface area contributed by atoms with E-state index in [4.69, 9.17) is 0 Å². The summed E-state index contributed by atoms with van der Waals surface area (Å²) in [6.45, 7) is 2.98. The number of rotatable bonds is 7. The van der Waals surface area contributed by atoms with Crippen LogP contribution >= 0.6 is 11.8 Å². The van der Waals surface area contributed by atoms with E-state index in [1.165, 1.54) is 24.6 Å². The lowest BCUT2D eigenvalue weighted by Crippen LogP contribution is -2.21. The second kappa shape index (κ2) is 9.03. The Kier molecular flexibility index (Phi) is 6.04. The fourth-order valence-electron chi connectivity index (χ4n) is 3.32. The third-order valence-electron chi connectivity index (χ3n) is 4.67. The van der Waals surface area contributed by atoms with Gasteiger partial charge in [0.15, 0.2) is 11.0 Å². The Hall–Kier alpha value is -2.64. The first-order valence-electron chi connectivity index (χ1n) is 9.49. The SMILES string of the molecule is O=C(CSc1nnc(CN2CCCC2)n1-c1ccccc1)Nc1ccccc1. The summed E-state index contributed by atoms with van der Waals surface area (Å²) < 4.78 is 2.07. The lowest BCUT2D eigenvalue weighted by molar-refractivity contribution is -0.113. The van der Waals surface area contributed by atoms with Crippen LogP contribution in [0.3, 0.4) is 0 Å². The topological polar surface area (TPSA) is 63.1 Å². The first-order valence-corrected chi connectivity index (χ1v) is 10.5. The van der Waals surface area contributed by atoms with E-state index in [2.05, 4.69) is 25.0 Å². The van der Waals surface area contributed by atoms with Gasteiger partial charge in [-0.1, -0.05) is 48.2 Å². The van der Waals surface area contributed by atoms with Crippen molar-refractivity contribution < 1.29 is 4.79 Å². The van der Waals surface area contributed by atoms with Gasteiger partial charge in [0.1, 0.15) is 0 Å². The largest absolute Gasteiger partial charge is 0.325 e. The Balaban J connectivity index is 1.49. The molecule has 7 heteroatoms. The second-order valence-electron chi connectivity index (χ2n) is 6.76. The van der Waals surface area contributed by atoms with Gasteiger partial charge in [0.05, 0.1) is 12.3 Å². The van der Waals surface area contributed by atoms with E-state index in [1.54, 1.807) is 0 Å². The van der Waals surface area contributed by atoms with E-state index >= 15 is 0 Å². The summed E-state index contributed by atoms with van der Waals surface area (Å²) in [5.41, 5.74) is 1.82. The van der Waals surface area contributed by atoms with Crippen LogP contribution in [0.2, 0.25) is 0 Å². The van der Waals surface area contributed by atoms with Crippen molar-refractivity contribution in [3.05, 3.63) is 66.5 Å². The highest BCUT2D eigenvalue weighted by molar-refractivity contribution is 7.99. The molecule has 3 aromatic rings. The molecule has 1 saturated heterocycles. The third-order valence-corrected chi connectivity index (χ3v) is 5.60. The van der Waals surface area contributed by atoms with Gasteiger partial charge in [-0.3, -0.25) is 14.3 Å². The normalized spacial score (nSPS) is 14.3. The molecule has 1 aliphatic rings. The molecule has 0 aliphatic carbocycles. The van der Waals surface area contributed by atoms with Gasteiger partial charge in [0.25, 0.3) is 0 Å². The number of benzene rings is 2. The number of nitrogens with zero attached hydrogens (tertiary/aromatic N) is 4. The summed E-state index contributed by atoms with van der Waals surface area (Å²) >= 11 is 1.41. The second-order valence-corrected chi connectivity index (χ2v) is 7.70. The Morgan fingerprint density at radius 2 is 1.64 bits per heavy atom. The molecule has 1 N–H and O–H groups in total. The van der Waals surface area contributed by atoms with Crippen molar-refractivity contribution in [1.29, 1.82) is 0 Å². The molecule has 1 aromatic heterocycles. The molecule has 1 aliphatic heterocycles. The van der Waals surface area contributed by atoms with E-state index in [-0.39, 0.29) is 11.7 Å². The van der Waals surface area contributed by atoms with E-state index in [0.717, 1.165) is 42.0 Å². The van der Waals surface area contributed by atoms with Gasteiger partial charge in [-0.05, 0) is 50.2 Å². The number of carbonyl (C=O) groups excluding carboxylic acids is 1. The number of likely N-dealkylation sites (tertiary alicyclic amines) is 1. The fraction of sp³-hybridized carbons (Fsp3) is 0.286. The summed E-state index contributed by atoms with van der Waals surface area (Å²) in [5, 5.41) is 12.5. The van der Waals surface area contributed by atoms with Gasteiger partial charge < -0.3 is 5.32 Å². The first-order chi connectivity index (χ1) is 13.8. The highest BCUT2D eigenvalue weighted by Crippen LogP contribution is 2.24. The number of hydrogen-bond donors (Lipinski definition) is 1. The summed E-state index contributed by atoms with van der Waals surface area (Å²) in [6.07, 6.45) is 2.47. The molecule has 0 spiro atoms. The van der Waals surface area contributed by atoms with Crippen molar-refractivity contribution in [3.8, 4) is 5.69 Å². The van der Waals surface area contributed by atoms with Crippen LogP contribution in [0.15, 0.2) is 65.8 Å². The first kappa shape index (κ1) is 18.7. The molecule has 144 valence electrons. The minimum atomic E-state index is -0.0556. The van der Waals surface area contributed by atoms with Crippen molar-refractivity contribution in [2.75, 3.05) is 24.2 Å². The van der Waals surface area contributed by atoms with Crippen LogP contribution in [0.4, 0.5) is 5.69 Å². The minimum absolute atomic E-state index is 0.0556. The molecule has 1 fully saturated rings. The van der Waals surface area contributed by atoms with Crippen LogP contribution in [0.5, 0.6) is 0 Å². The number of aromatic nitrogens is 3. The fourth-order valence-corrected chi connectivity index (χ4v) is 4.09. The average Bonchev–Trinajstić information content (AvgIpc) is 3.38. The quantitative estimate of drug-likeness (QED) is 0.622. The molecule has 0 unspecified atom stereocenters. The average molecular weight is 394 g/mol. The number of amides is 1. The maximum absolute atomic E-state index is 12.3. The summed E-state index contributed by atoms with van der Waals surface area (Å²) in [7, 11) is 0. The number of anilines is 1. The molecule has 1 amide bonds. The molecule has 0 bridgehead atoms. The Morgan fingerprint density at radius 3 is 2.36 bits per heavy atom. The number of nitrogens with one attached hydrogen (secondary N) is 1. The Labute approximate surface area is 169 Å². The zero-order valence-electron chi connectivity index (χ0n) is 15.6. The maximum Gasteiger partial charge on any atom is 0.234 e. The van der Waals surface area contributed by atoms with Crippen LogP contribution in [0, 0.1) is 0 Å². The molecule has 0 atom stereocenters. The van der Waals surface area contributed by atoms with E-state index in [1.807, 2.05) is 60.7 Å². The monoisotopic (exact) mass is 393 g/mol. The third kappa shape index (κ3) is 4.61. The molecular formula is C21H23N5OS. The lowest BCUT2D eigenvalue weighted by Gasteiger charge is -2.16. The Morgan fingerprint density at radius 1 is 0.964 bits per heavy atom. The molecule has 28 heavy (non-hydrogen) atoms. The van der Waals surface area contributed by atoms with Crippen molar-refractivity contribution >= 4 is 23.4 Å². The minimum Gasteiger partial charge on any atom is -0.325 e. The van der Waals surface area contributed by atoms with Crippen molar-refractivity contribution in [3.63, 3.8) is 0 Å². The molecule has 0 radical (unpaired) electrons. The van der Waals surface area contributed by atoms with Gasteiger partial charge in [-0.15, -0.1) is 10.2 Å². The van der Waals surface area contributed by atoms with Gasteiger partial charge in [0.2, 0.25) is 5.91 Å². The van der Waals surface area contributed by atoms with Crippen molar-refractivity contribution in [1.82, 2.24) is 19.7 Å². The number of carbonyl (C=O) groups is 1. The highest BCUT2D eigenvalue weighted by atomic mass is 32.2. The summed E-state index contributed by atoms with van der Waals surface area (Å²) in [4.78, 5) is 14.7. The van der Waals surface area contributed by atoms with Crippen LogP contribution in [-0.4, -0.2) is 44.4 Å². The zero-order chi connectivity index (χ0) is 19.2. The molecular weight excluding hydrogens is 370 g/mol. The predicted octanol–water partition coefficient (Wildman–Crippen LogP) is 3.59. The van der Waals surface area contributed by atoms with Gasteiger partial charge in [-0.25, -0.2) is 0 Å². The number of thioether (sulfide) groups is 1.